The number of nitrogens with zero attached hydrogens (tertiary/aromatic N) is 1. The Morgan fingerprint density at radius 3 is 2.14 bits per heavy atom. The summed E-state index contributed by atoms with van der Waals surface area (Å²) in [5.41, 5.74) is 0.233. The molecule has 0 saturated carbocycles. The minimum atomic E-state index is -1.08. The first kappa shape index (κ1) is 34.5. The lowest BCUT2D eigenvalue weighted by molar-refractivity contribution is -0.149. The molecule has 2 atom stereocenters. The number of aryl methyl sites for hydroxylation is 1. The molecular weight excluding hydrogens is 534 g/mol. The van der Waals surface area contributed by atoms with E-state index in [2.05, 4.69) is 17.6 Å². The van der Waals surface area contributed by atoms with E-state index in [1.807, 2.05) is 20.8 Å². The fraction of sp³-hybridized carbons (Fsp3) is 0.545. The Hall–Kier alpha value is -3.75. The third-order valence-electron chi connectivity index (χ3n) is 7.24. The average Bonchev–Trinajstić information content (AvgIpc) is 2.90. The number of ether oxygens (including phenoxy) is 1. The molecule has 3 amide bonds. The summed E-state index contributed by atoms with van der Waals surface area (Å²) in [7, 11) is 0. The minimum absolute atomic E-state index is 0.0815. The number of nitrogens with one attached hydrogen (secondary N) is 2. The van der Waals surface area contributed by atoms with Crippen LogP contribution in [0.3, 0.4) is 0 Å². The number of amides is 3. The Balaban J connectivity index is 2.65. The van der Waals surface area contributed by atoms with E-state index in [4.69, 9.17) is 4.74 Å². The third-order valence-corrected chi connectivity index (χ3v) is 7.24. The highest BCUT2D eigenvalue weighted by Gasteiger charge is 2.43. The Kier molecular flexibility index (Phi) is 12.3. The van der Waals surface area contributed by atoms with Crippen LogP contribution in [0.4, 0.5) is 4.79 Å². The lowest BCUT2D eigenvalue weighted by Crippen LogP contribution is -2.60. The van der Waals surface area contributed by atoms with Crippen molar-refractivity contribution < 1.29 is 29.3 Å². The number of benzene rings is 2. The number of unbranched alkanes of at least 4 members (excludes halogenated alkanes) is 2. The average molecular weight is 584 g/mol. The highest BCUT2D eigenvalue weighted by atomic mass is 16.6. The van der Waals surface area contributed by atoms with Crippen molar-refractivity contribution in [3.05, 3.63) is 59.2 Å². The predicted molar refractivity (Wildman–Crippen MR) is 164 cm³/mol. The lowest BCUT2D eigenvalue weighted by Gasteiger charge is -2.44. The van der Waals surface area contributed by atoms with Gasteiger partial charge < -0.3 is 30.5 Å². The number of aromatic hydroxyl groups is 2. The van der Waals surface area contributed by atoms with E-state index < -0.39 is 35.2 Å². The number of hydrogen-bond acceptors (Lipinski definition) is 6. The van der Waals surface area contributed by atoms with Crippen molar-refractivity contribution in [3.63, 3.8) is 0 Å². The van der Waals surface area contributed by atoms with Crippen LogP contribution < -0.4 is 10.6 Å². The van der Waals surface area contributed by atoms with Crippen molar-refractivity contribution in [1.29, 1.82) is 0 Å². The van der Waals surface area contributed by atoms with Crippen LogP contribution in [0.2, 0.25) is 0 Å². The first-order valence-electron chi connectivity index (χ1n) is 14.8. The molecule has 2 aromatic carbocycles. The monoisotopic (exact) mass is 583 g/mol. The highest BCUT2D eigenvalue weighted by molar-refractivity contribution is 5.93. The zero-order valence-electron chi connectivity index (χ0n) is 26.4. The molecule has 42 heavy (non-hydrogen) atoms. The van der Waals surface area contributed by atoms with E-state index in [1.54, 1.807) is 56.9 Å². The van der Waals surface area contributed by atoms with Gasteiger partial charge in [-0.05, 0) is 95.3 Å². The molecule has 0 radical (unpaired) electrons. The molecule has 9 nitrogen and oxygen atoms in total. The van der Waals surface area contributed by atoms with Gasteiger partial charge in [0.15, 0.2) is 0 Å². The first-order chi connectivity index (χ1) is 19.6. The van der Waals surface area contributed by atoms with Crippen molar-refractivity contribution in [2.75, 3.05) is 6.54 Å². The maximum Gasteiger partial charge on any atom is 0.408 e. The van der Waals surface area contributed by atoms with Gasteiger partial charge in [0, 0.05) is 18.5 Å². The molecule has 0 heterocycles. The summed E-state index contributed by atoms with van der Waals surface area (Å²) >= 11 is 0. The molecule has 4 N–H and O–H groups in total. The quantitative estimate of drug-likeness (QED) is 0.217. The van der Waals surface area contributed by atoms with Gasteiger partial charge in [0.05, 0.1) is 0 Å². The van der Waals surface area contributed by atoms with Crippen LogP contribution in [0.25, 0.3) is 0 Å². The second-order valence-corrected chi connectivity index (χ2v) is 12.4. The second-order valence-electron chi connectivity index (χ2n) is 12.4. The minimum Gasteiger partial charge on any atom is -0.508 e. The summed E-state index contributed by atoms with van der Waals surface area (Å²) in [6.07, 6.45) is 2.63. The number of carbonyl (C=O) groups is 3. The molecule has 0 aromatic heterocycles. The van der Waals surface area contributed by atoms with Gasteiger partial charge in [-0.1, -0.05) is 44.9 Å². The fourth-order valence-electron chi connectivity index (χ4n) is 4.58. The van der Waals surface area contributed by atoms with Crippen LogP contribution in [0.1, 0.15) is 96.9 Å². The van der Waals surface area contributed by atoms with Crippen molar-refractivity contribution in [2.24, 2.45) is 0 Å². The second kappa shape index (κ2) is 14.9. The standard InChI is InChI=1S/C33H49N3O6/c1-9-11-12-19-34-29(39)28(24-15-18-27(38)22(3)20-24)36(33(7,8)10-2)30(40)26(35-31(41)42-32(4,5)6)21-23-13-16-25(37)17-14-23/h13-18,20,26,28,37-38H,9-12,19,21H2,1-8H3,(H,34,39)(H,35,41). The van der Waals surface area contributed by atoms with Crippen LogP contribution in [-0.2, 0) is 20.7 Å². The van der Waals surface area contributed by atoms with Crippen molar-refractivity contribution in [1.82, 2.24) is 15.5 Å². The molecule has 2 rings (SSSR count). The van der Waals surface area contributed by atoms with E-state index >= 15 is 0 Å². The number of rotatable bonds is 13. The highest BCUT2D eigenvalue weighted by Crippen LogP contribution is 2.34. The van der Waals surface area contributed by atoms with Gasteiger partial charge in [-0.2, -0.15) is 0 Å². The van der Waals surface area contributed by atoms with Crippen molar-refractivity contribution >= 4 is 17.9 Å². The predicted octanol–water partition coefficient (Wildman–Crippen LogP) is 5.91. The van der Waals surface area contributed by atoms with E-state index in [0.717, 1.165) is 19.3 Å². The topological polar surface area (TPSA) is 128 Å². The van der Waals surface area contributed by atoms with Gasteiger partial charge in [-0.3, -0.25) is 9.59 Å². The molecule has 0 fully saturated rings. The van der Waals surface area contributed by atoms with Gasteiger partial charge in [0.2, 0.25) is 11.8 Å². The lowest BCUT2D eigenvalue weighted by atomic mass is 9.90. The molecule has 0 aliphatic heterocycles. The number of hydrogen-bond donors (Lipinski definition) is 4. The van der Waals surface area contributed by atoms with E-state index in [9.17, 15) is 24.6 Å². The molecule has 232 valence electrons. The largest absolute Gasteiger partial charge is 0.508 e. The van der Waals surface area contributed by atoms with Crippen LogP contribution in [0, 0.1) is 6.92 Å². The maximum atomic E-state index is 14.6. The van der Waals surface area contributed by atoms with Gasteiger partial charge >= 0.3 is 6.09 Å². The van der Waals surface area contributed by atoms with Crippen LogP contribution in [0.15, 0.2) is 42.5 Å². The van der Waals surface area contributed by atoms with E-state index in [-0.39, 0.29) is 23.8 Å². The zero-order chi connectivity index (χ0) is 31.7. The maximum absolute atomic E-state index is 14.6. The Bertz CT molecular complexity index is 1200. The summed E-state index contributed by atoms with van der Waals surface area (Å²) in [6, 6.07) is 9.19. The Morgan fingerprint density at radius 1 is 0.952 bits per heavy atom. The van der Waals surface area contributed by atoms with Gasteiger partial charge in [-0.15, -0.1) is 0 Å². The molecule has 0 aliphatic carbocycles. The van der Waals surface area contributed by atoms with Crippen LogP contribution >= 0.6 is 0 Å². The number of alkyl carbamates (subject to hydrolysis) is 1. The molecule has 0 bridgehead atoms. The van der Waals surface area contributed by atoms with Crippen LogP contribution in [0.5, 0.6) is 11.5 Å². The fourth-order valence-corrected chi connectivity index (χ4v) is 4.58. The van der Waals surface area contributed by atoms with Crippen LogP contribution in [-0.4, -0.2) is 56.7 Å². The molecular formula is C33H49N3O6. The summed E-state index contributed by atoms with van der Waals surface area (Å²) in [6.45, 7) is 15.2. The summed E-state index contributed by atoms with van der Waals surface area (Å²) < 4.78 is 5.50. The van der Waals surface area contributed by atoms with Gasteiger partial charge in [0.25, 0.3) is 0 Å². The Labute approximate surface area is 250 Å². The van der Waals surface area contributed by atoms with Crippen molar-refractivity contribution in [3.8, 4) is 11.5 Å². The zero-order valence-corrected chi connectivity index (χ0v) is 26.4. The molecule has 0 spiro atoms. The van der Waals surface area contributed by atoms with Gasteiger partial charge in [0.1, 0.15) is 29.2 Å². The number of carbonyl (C=O) groups excluding carboxylic acids is 3. The van der Waals surface area contributed by atoms with E-state index in [0.29, 0.717) is 29.7 Å². The molecule has 0 aliphatic rings. The molecule has 9 heteroatoms. The smallest absolute Gasteiger partial charge is 0.408 e. The SMILES string of the molecule is CCCCCNC(=O)C(c1ccc(O)c(C)c1)N(C(=O)C(Cc1ccc(O)cc1)NC(=O)OC(C)(C)C)C(C)(C)CC. The summed E-state index contributed by atoms with van der Waals surface area (Å²) in [5.74, 6) is -0.629. The summed E-state index contributed by atoms with van der Waals surface area (Å²) in [5, 5.41) is 25.8. The molecule has 0 saturated heterocycles. The Morgan fingerprint density at radius 2 is 1.60 bits per heavy atom. The van der Waals surface area contributed by atoms with Gasteiger partial charge in [-0.25, -0.2) is 4.79 Å². The first-order valence-corrected chi connectivity index (χ1v) is 14.8. The van der Waals surface area contributed by atoms with E-state index in [1.165, 1.54) is 18.2 Å². The number of phenolic OH excluding ortho intramolecular Hbond substituents is 2. The third kappa shape index (κ3) is 9.96. The summed E-state index contributed by atoms with van der Waals surface area (Å²) in [4.78, 5) is 43.1. The molecule has 2 unspecified atom stereocenters. The molecule has 2 aromatic rings. The number of phenols is 2. The van der Waals surface area contributed by atoms with Crippen molar-refractivity contribution in [2.45, 2.75) is 111 Å². The normalized spacial score (nSPS) is 13.1.